The van der Waals surface area contributed by atoms with E-state index in [1.54, 1.807) is 13.1 Å². The maximum Gasteiger partial charge on any atom is 0.191 e. The third-order valence-corrected chi connectivity index (χ3v) is 5.53. The third kappa shape index (κ3) is 6.33. The topological polar surface area (TPSA) is 63.5 Å². The molecule has 1 unspecified atom stereocenters. The van der Waals surface area contributed by atoms with Crippen LogP contribution in [-0.4, -0.2) is 35.9 Å². The highest BCUT2D eigenvalue weighted by Crippen LogP contribution is 2.30. The zero-order chi connectivity index (χ0) is 21.0. The summed E-state index contributed by atoms with van der Waals surface area (Å²) in [5.41, 5.74) is 4.35. The SMILES string of the molecule is CN=C(NCCc1c(C)nn(C)c1C)NC(C)c1ccc(OCC2CC2)c(F)c1.I. The summed E-state index contributed by atoms with van der Waals surface area (Å²) in [6, 6.07) is 5.07. The second-order valence-corrected chi connectivity index (χ2v) is 7.83. The molecule has 2 aromatic rings. The van der Waals surface area contributed by atoms with Crippen LogP contribution in [-0.2, 0) is 13.5 Å². The first-order valence-electron chi connectivity index (χ1n) is 10.3. The fourth-order valence-corrected chi connectivity index (χ4v) is 3.36. The normalized spacial score (nSPS) is 14.8. The van der Waals surface area contributed by atoms with Gasteiger partial charge in [-0.1, -0.05) is 6.07 Å². The van der Waals surface area contributed by atoms with Gasteiger partial charge in [-0.25, -0.2) is 4.39 Å². The molecular formula is C22H33FIN5O. The molecule has 0 radical (unpaired) electrons. The van der Waals surface area contributed by atoms with Crippen molar-refractivity contribution in [1.82, 2.24) is 20.4 Å². The molecule has 0 spiro atoms. The van der Waals surface area contributed by atoms with E-state index in [0.717, 1.165) is 24.2 Å². The second-order valence-electron chi connectivity index (χ2n) is 7.83. The third-order valence-electron chi connectivity index (χ3n) is 5.53. The molecule has 2 N–H and O–H groups in total. The lowest BCUT2D eigenvalue weighted by molar-refractivity contribution is 0.285. The number of nitrogens with one attached hydrogen (secondary N) is 2. The number of hydrogen-bond donors (Lipinski definition) is 2. The van der Waals surface area contributed by atoms with Crippen molar-refractivity contribution in [3.63, 3.8) is 0 Å². The van der Waals surface area contributed by atoms with E-state index in [0.29, 0.717) is 24.2 Å². The molecule has 1 aliphatic rings. The summed E-state index contributed by atoms with van der Waals surface area (Å²) in [4.78, 5) is 4.29. The standard InChI is InChI=1S/C22H32FN5O.HI/c1-14(18-8-9-21(20(23)12-18)29-13-17-6-7-17)26-22(24-4)25-11-10-19-15(2)27-28(5)16(19)3;/h8-9,12,14,17H,6-7,10-11,13H2,1-5H3,(H2,24,25,26);1H. The van der Waals surface area contributed by atoms with Crippen LogP contribution in [0.4, 0.5) is 4.39 Å². The van der Waals surface area contributed by atoms with Gasteiger partial charge in [0, 0.05) is 26.3 Å². The molecule has 0 aliphatic heterocycles. The highest BCUT2D eigenvalue weighted by atomic mass is 127. The molecule has 30 heavy (non-hydrogen) atoms. The van der Waals surface area contributed by atoms with Crippen LogP contribution in [0.3, 0.4) is 0 Å². The fourth-order valence-electron chi connectivity index (χ4n) is 3.36. The molecule has 3 rings (SSSR count). The monoisotopic (exact) mass is 529 g/mol. The van der Waals surface area contributed by atoms with Gasteiger partial charge in [0.25, 0.3) is 0 Å². The van der Waals surface area contributed by atoms with Crippen LogP contribution in [0.25, 0.3) is 0 Å². The van der Waals surface area contributed by atoms with Crippen molar-refractivity contribution in [3.8, 4) is 5.75 Å². The molecule has 8 heteroatoms. The number of aromatic nitrogens is 2. The molecule has 1 fully saturated rings. The van der Waals surface area contributed by atoms with Crippen molar-refractivity contribution in [2.45, 2.75) is 46.1 Å². The fraction of sp³-hybridized carbons (Fsp3) is 0.545. The Morgan fingerprint density at radius 1 is 1.37 bits per heavy atom. The number of ether oxygens (including phenoxy) is 1. The van der Waals surface area contributed by atoms with Crippen molar-refractivity contribution < 1.29 is 9.13 Å². The second kappa shape index (κ2) is 11.0. The van der Waals surface area contributed by atoms with Crippen molar-refractivity contribution in [2.75, 3.05) is 20.2 Å². The number of hydrogen-bond acceptors (Lipinski definition) is 3. The van der Waals surface area contributed by atoms with E-state index in [2.05, 4.69) is 27.6 Å². The van der Waals surface area contributed by atoms with Crippen molar-refractivity contribution in [2.24, 2.45) is 18.0 Å². The van der Waals surface area contributed by atoms with E-state index in [9.17, 15) is 4.39 Å². The van der Waals surface area contributed by atoms with Crippen molar-refractivity contribution in [3.05, 3.63) is 46.5 Å². The Bertz CT molecular complexity index is 879. The number of nitrogens with zero attached hydrogens (tertiary/aromatic N) is 3. The molecule has 166 valence electrons. The molecule has 0 saturated heterocycles. The zero-order valence-electron chi connectivity index (χ0n) is 18.5. The summed E-state index contributed by atoms with van der Waals surface area (Å²) in [6.45, 7) is 7.45. The average Bonchev–Trinajstić information content (AvgIpc) is 3.49. The summed E-state index contributed by atoms with van der Waals surface area (Å²) >= 11 is 0. The zero-order valence-corrected chi connectivity index (χ0v) is 20.8. The highest BCUT2D eigenvalue weighted by Gasteiger charge is 2.22. The van der Waals surface area contributed by atoms with E-state index < -0.39 is 0 Å². The van der Waals surface area contributed by atoms with Crippen LogP contribution < -0.4 is 15.4 Å². The first-order valence-corrected chi connectivity index (χ1v) is 10.3. The molecule has 0 bridgehead atoms. The Labute approximate surface area is 195 Å². The number of aryl methyl sites for hydroxylation is 2. The van der Waals surface area contributed by atoms with Crippen LogP contribution in [0.2, 0.25) is 0 Å². The molecule has 6 nitrogen and oxygen atoms in total. The highest BCUT2D eigenvalue weighted by molar-refractivity contribution is 14.0. The predicted molar refractivity (Wildman–Crippen MR) is 129 cm³/mol. The summed E-state index contributed by atoms with van der Waals surface area (Å²) in [5, 5.41) is 11.1. The maximum atomic E-state index is 14.4. The molecule has 1 heterocycles. The minimum absolute atomic E-state index is 0. The van der Waals surface area contributed by atoms with E-state index in [1.807, 2.05) is 31.6 Å². The first kappa shape index (κ1) is 24.4. The summed E-state index contributed by atoms with van der Waals surface area (Å²) in [5.74, 6) is 1.30. The molecule has 1 aromatic carbocycles. The summed E-state index contributed by atoms with van der Waals surface area (Å²) < 4.78 is 21.8. The van der Waals surface area contributed by atoms with Gasteiger partial charge in [-0.15, -0.1) is 24.0 Å². The van der Waals surface area contributed by atoms with Crippen molar-refractivity contribution >= 4 is 29.9 Å². The van der Waals surface area contributed by atoms with Crippen LogP contribution >= 0.6 is 24.0 Å². The number of rotatable bonds is 8. The van der Waals surface area contributed by atoms with Gasteiger partial charge in [0.1, 0.15) is 0 Å². The molecule has 0 amide bonds. The maximum absolute atomic E-state index is 14.4. The van der Waals surface area contributed by atoms with Gasteiger partial charge in [0.2, 0.25) is 0 Å². The summed E-state index contributed by atoms with van der Waals surface area (Å²) in [7, 11) is 3.70. The molecule has 1 aliphatic carbocycles. The quantitative estimate of drug-likeness (QED) is 0.308. The Morgan fingerprint density at radius 3 is 2.67 bits per heavy atom. The lowest BCUT2D eigenvalue weighted by Crippen LogP contribution is -2.39. The number of guanidine groups is 1. The minimum atomic E-state index is -0.317. The van der Waals surface area contributed by atoms with E-state index in [1.165, 1.54) is 30.2 Å². The Balaban J connectivity index is 0.00000320. The summed E-state index contributed by atoms with van der Waals surface area (Å²) in [6.07, 6.45) is 3.24. The van der Waals surface area contributed by atoms with E-state index >= 15 is 0 Å². The van der Waals surface area contributed by atoms with Gasteiger partial charge in [-0.2, -0.15) is 5.10 Å². The van der Waals surface area contributed by atoms with E-state index in [4.69, 9.17) is 4.74 Å². The van der Waals surface area contributed by atoms with E-state index in [-0.39, 0.29) is 35.8 Å². The van der Waals surface area contributed by atoms with Gasteiger partial charge in [0.05, 0.1) is 18.3 Å². The van der Waals surface area contributed by atoms with Crippen LogP contribution in [0.15, 0.2) is 23.2 Å². The number of benzene rings is 1. The van der Waals surface area contributed by atoms with Gasteiger partial charge >= 0.3 is 0 Å². The van der Waals surface area contributed by atoms with Gasteiger partial charge < -0.3 is 15.4 Å². The van der Waals surface area contributed by atoms with Gasteiger partial charge in [-0.3, -0.25) is 9.67 Å². The van der Waals surface area contributed by atoms with Gasteiger partial charge in [-0.05, 0) is 69.2 Å². The molecule has 1 saturated carbocycles. The lowest BCUT2D eigenvalue weighted by Gasteiger charge is -2.19. The number of halogens is 2. The largest absolute Gasteiger partial charge is 0.490 e. The van der Waals surface area contributed by atoms with Crippen LogP contribution in [0.1, 0.15) is 48.3 Å². The van der Waals surface area contributed by atoms with Gasteiger partial charge in [0.15, 0.2) is 17.5 Å². The molecule has 1 aromatic heterocycles. The van der Waals surface area contributed by atoms with Crippen LogP contribution in [0, 0.1) is 25.6 Å². The molecular weight excluding hydrogens is 496 g/mol. The lowest BCUT2D eigenvalue weighted by atomic mass is 10.1. The van der Waals surface area contributed by atoms with Crippen LogP contribution in [0.5, 0.6) is 5.75 Å². The predicted octanol–water partition coefficient (Wildman–Crippen LogP) is 4.05. The first-order chi connectivity index (χ1) is 13.9. The Hall–Kier alpha value is -1.84. The minimum Gasteiger partial charge on any atom is -0.490 e. The number of aliphatic imine (C=N–C) groups is 1. The smallest absolute Gasteiger partial charge is 0.191 e. The van der Waals surface area contributed by atoms with Crippen molar-refractivity contribution in [1.29, 1.82) is 0 Å². The Morgan fingerprint density at radius 2 is 2.10 bits per heavy atom. The average molecular weight is 529 g/mol. The molecule has 1 atom stereocenters. The Kier molecular flexibility index (Phi) is 8.93.